The molecule has 0 radical (unpaired) electrons. The summed E-state index contributed by atoms with van der Waals surface area (Å²) < 4.78 is 0. The standard InChI is InChI=1S/C14H18ClN3S/c1-3-4-9-16-14-18-17-13(10(2)19-14)11-5-7-12(15)8-6-11/h5-8,10H,3-4,9H2,1-2H3,(H,16,18)/t10-/m1/s1. The lowest BCUT2D eigenvalue weighted by molar-refractivity contribution is 0.804. The molecule has 1 atom stereocenters. The molecule has 19 heavy (non-hydrogen) atoms. The van der Waals surface area contributed by atoms with Gasteiger partial charge in [-0.1, -0.05) is 48.8 Å². The van der Waals surface area contributed by atoms with Gasteiger partial charge in [0, 0.05) is 11.6 Å². The van der Waals surface area contributed by atoms with Crippen molar-refractivity contribution in [3.63, 3.8) is 0 Å². The van der Waals surface area contributed by atoms with Crippen LogP contribution in [0.25, 0.3) is 0 Å². The SMILES string of the molecule is CCCCN=C1NN=C(c2ccc(Cl)cc2)[C@@H](C)S1. The van der Waals surface area contributed by atoms with E-state index in [4.69, 9.17) is 11.6 Å². The third-order valence-electron chi connectivity index (χ3n) is 2.85. The molecule has 5 heteroatoms. The van der Waals surface area contributed by atoms with E-state index in [1.807, 2.05) is 24.3 Å². The van der Waals surface area contributed by atoms with Gasteiger partial charge in [0.25, 0.3) is 0 Å². The summed E-state index contributed by atoms with van der Waals surface area (Å²) in [7, 11) is 0. The van der Waals surface area contributed by atoms with Gasteiger partial charge in [-0.2, -0.15) is 5.10 Å². The lowest BCUT2D eigenvalue weighted by Gasteiger charge is -2.21. The molecule has 1 aromatic rings. The molecule has 102 valence electrons. The van der Waals surface area contributed by atoms with Gasteiger partial charge in [-0.3, -0.25) is 10.4 Å². The molecule has 1 aromatic carbocycles. The molecule has 1 aliphatic rings. The van der Waals surface area contributed by atoms with Gasteiger partial charge in [0.05, 0.1) is 11.0 Å². The average molecular weight is 296 g/mol. The molecule has 0 fully saturated rings. The second-order valence-corrected chi connectivity index (χ2v) is 6.18. The van der Waals surface area contributed by atoms with Gasteiger partial charge >= 0.3 is 0 Å². The number of hydrazone groups is 1. The summed E-state index contributed by atoms with van der Waals surface area (Å²) >= 11 is 7.62. The monoisotopic (exact) mass is 295 g/mol. The van der Waals surface area contributed by atoms with E-state index in [0.717, 1.165) is 40.9 Å². The van der Waals surface area contributed by atoms with Crippen molar-refractivity contribution in [2.24, 2.45) is 10.1 Å². The molecular weight excluding hydrogens is 278 g/mol. The van der Waals surface area contributed by atoms with Crippen molar-refractivity contribution in [2.45, 2.75) is 31.9 Å². The summed E-state index contributed by atoms with van der Waals surface area (Å²) in [4.78, 5) is 4.51. The molecule has 0 spiro atoms. The number of hydrogen-bond acceptors (Lipinski definition) is 3. The molecule has 1 aliphatic heterocycles. The molecule has 3 nitrogen and oxygen atoms in total. The number of rotatable bonds is 4. The van der Waals surface area contributed by atoms with Crippen LogP contribution in [0.1, 0.15) is 32.3 Å². The number of thioether (sulfide) groups is 1. The minimum atomic E-state index is 0.294. The number of nitrogens with one attached hydrogen (secondary N) is 1. The summed E-state index contributed by atoms with van der Waals surface area (Å²) in [5.74, 6) is 0. The minimum absolute atomic E-state index is 0.294. The Labute approximate surface area is 123 Å². The third-order valence-corrected chi connectivity index (χ3v) is 4.12. The molecule has 0 saturated carbocycles. The number of aliphatic imine (C=N–C) groups is 1. The van der Waals surface area contributed by atoms with Crippen molar-refractivity contribution in [1.29, 1.82) is 0 Å². The Morgan fingerprint density at radius 2 is 2.11 bits per heavy atom. The van der Waals surface area contributed by atoms with Crippen LogP contribution in [0, 0.1) is 0 Å². The Morgan fingerprint density at radius 3 is 2.74 bits per heavy atom. The first-order chi connectivity index (χ1) is 9.20. The van der Waals surface area contributed by atoms with Crippen LogP contribution in [0.15, 0.2) is 34.4 Å². The van der Waals surface area contributed by atoms with E-state index in [0.29, 0.717) is 5.25 Å². The van der Waals surface area contributed by atoms with Crippen LogP contribution in [0.3, 0.4) is 0 Å². The van der Waals surface area contributed by atoms with Gasteiger partial charge in [-0.15, -0.1) is 0 Å². The predicted octanol–water partition coefficient (Wildman–Crippen LogP) is 3.93. The highest BCUT2D eigenvalue weighted by atomic mass is 35.5. The molecule has 0 saturated heterocycles. The molecule has 1 heterocycles. The van der Waals surface area contributed by atoms with Crippen LogP contribution in [-0.2, 0) is 0 Å². The predicted molar refractivity (Wildman–Crippen MR) is 85.4 cm³/mol. The molecular formula is C14H18ClN3S. The summed E-state index contributed by atoms with van der Waals surface area (Å²) in [6.45, 7) is 5.18. The Kier molecular flexibility index (Phi) is 5.28. The quantitative estimate of drug-likeness (QED) is 0.855. The number of hydrogen-bond donors (Lipinski definition) is 1. The molecule has 0 aliphatic carbocycles. The van der Waals surface area contributed by atoms with E-state index >= 15 is 0 Å². The molecule has 1 N–H and O–H groups in total. The number of amidine groups is 1. The lowest BCUT2D eigenvalue weighted by Crippen LogP contribution is -2.31. The van der Waals surface area contributed by atoms with Crippen molar-refractivity contribution in [1.82, 2.24) is 5.43 Å². The zero-order valence-corrected chi connectivity index (χ0v) is 12.8. The highest BCUT2D eigenvalue weighted by molar-refractivity contribution is 8.15. The summed E-state index contributed by atoms with van der Waals surface area (Å²) in [5, 5.41) is 6.40. The molecule has 0 unspecified atom stereocenters. The molecule has 2 rings (SSSR count). The van der Waals surface area contributed by atoms with Crippen molar-refractivity contribution in [3.05, 3.63) is 34.9 Å². The first kappa shape index (κ1) is 14.4. The van der Waals surface area contributed by atoms with Crippen LogP contribution >= 0.6 is 23.4 Å². The first-order valence-electron chi connectivity index (χ1n) is 6.51. The number of unbranched alkanes of at least 4 members (excludes halogenated alkanes) is 1. The maximum Gasteiger partial charge on any atom is 0.177 e. The van der Waals surface area contributed by atoms with Crippen molar-refractivity contribution in [2.75, 3.05) is 6.54 Å². The van der Waals surface area contributed by atoms with Gasteiger partial charge in [-0.05, 0) is 31.0 Å². The van der Waals surface area contributed by atoms with Crippen LogP contribution in [-0.4, -0.2) is 22.7 Å². The van der Waals surface area contributed by atoms with E-state index < -0.39 is 0 Å². The van der Waals surface area contributed by atoms with E-state index in [2.05, 4.69) is 29.4 Å². The van der Waals surface area contributed by atoms with Gasteiger partial charge in [0.1, 0.15) is 0 Å². The second kappa shape index (κ2) is 6.96. The van der Waals surface area contributed by atoms with Crippen LogP contribution < -0.4 is 5.43 Å². The summed E-state index contributed by atoms with van der Waals surface area (Å²) in [6.07, 6.45) is 2.28. The third kappa shape index (κ3) is 3.98. The fraction of sp³-hybridized carbons (Fsp3) is 0.429. The summed E-state index contributed by atoms with van der Waals surface area (Å²) in [6, 6.07) is 7.78. The molecule has 0 amide bonds. The fourth-order valence-corrected chi connectivity index (χ4v) is 2.81. The Hall–Kier alpha value is -1.000. The Balaban J connectivity index is 2.08. The van der Waals surface area contributed by atoms with Crippen LogP contribution in [0.4, 0.5) is 0 Å². The summed E-state index contributed by atoms with van der Waals surface area (Å²) in [5.41, 5.74) is 5.18. The zero-order valence-electron chi connectivity index (χ0n) is 11.2. The van der Waals surface area contributed by atoms with E-state index in [9.17, 15) is 0 Å². The Morgan fingerprint density at radius 1 is 1.37 bits per heavy atom. The average Bonchev–Trinajstić information content (AvgIpc) is 2.41. The van der Waals surface area contributed by atoms with Crippen molar-refractivity contribution in [3.8, 4) is 0 Å². The fourth-order valence-electron chi connectivity index (χ4n) is 1.78. The zero-order chi connectivity index (χ0) is 13.7. The van der Waals surface area contributed by atoms with Crippen molar-refractivity contribution < 1.29 is 0 Å². The van der Waals surface area contributed by atoms with Crippen LogP contribution in [0.5, 0.6) is 0 Å². The van der Waals surface area contributed by atoms with E-state index in [1.54, 1.807) is 11.8 Å². The first-order valence-corrected chi connectivity index (χ1v) is 7.77. The smallest absolute Gasteiger partial charge is 0.177 e. The van der Waals surface area contributed by atoms with E-state index in [-0.39, 0.29) is 0 Å². The number of benzene rings is 1. The van der Waals surface area contributed by atoms with Gasteiger partial charge in [0.15, 0.2) is 5.17 Å². The molecule has 0 aromatic heterocycles. The maximum atomic E-state index is 5.90. The van der Waals surface area contributed by atoms with Crippen molar-refractivity contribution >= 4 is 34.2 Å². The Bertz CT molecular complexity index is 482. The lowest BCUT2D eigenvalue weighted by atomic mass is 10.1. The van der Waals surface area contributed by atoms with Crippen LogP contribution in [0.2, 0.25) is 5.02 Å². The largest absolute Gasteiger partial charge is 0.261 e. The maximum absolute atomic E-state index is 5.90. The number of nitrogens with zero attached hydrogens (tertiary/aromatic N) is 2. The number of halogens is 1. The van der Waals surface area contributed by atoms with Gasteiger partial charge in [0.2, 0.25) is 0 Å². The van der Waals surface area contributed by atoms with Gasteiger partial charge in [-0.25, -0.2) is 0 Å². The highest BCUT2D eigenvalue weighted by Gasteiger charge is 2.20. The highest BCUT2D eigenvalue weighted by Crippen LogP contribution is 2.22. The topological polar surface area (TPSA) is 36.8 Å². The van der Waals surface area contributed by atoms with E-state index in [1.165, 1.54) is 0 Å². The normalized spacial score (nSPS) is 21.1. The molecule has 0 bridgehead atoms. The second-order valence-electron chi connectivity index (χ2n) is 4.42. The van der Waals surface area contributed by atoms with Gasteiger partial charge < -0.3 is 0 Å². The minimum Gasteiger partial charge on any atom is -0.261 e.